The van der Waals surface area contributed by atoms with Gasteiger partial charge in [-0.1, -0.05) is 23.7 Å². The molecule has 2 N–H and O–H groups in total. The fourth-order valence-electron chi connectivity index (χ4n) is 1.93. The molecule has 4 nitrogen and oxygen atoms in total. The smallest absolute Gasteiger partial charge is 0.328 e. The molecule has 5 heteroatoms. The van der Waals surface area contributed by atoms with Gasteiger partial charge in [0.2, 0.25) is 0 Å². The van der Waals surface area contributed by atoms with Crippen molar-refractivity contribution < 1.29 is 9.53 Å². The summed E-state index contributed by atoms with van der Waals surface area (Å²) < 4.78 is 6.46. The van der Waals surface area contributed by atoms with Gasteiger partial charge in [-0.15, -0.1) is 0 Å². The number of nitrogens with two attached hydrogens (primary N) is 1. The van der Waals surface area contributed by atoms with Crippen LogP contribution in [0.5, 0.6) is 0 Å². The number of carbonyl (C=O) groups excluding carboxylic acids is 1. The van der Waals surface area contributed by atoms with Crippen LogP contribution in [0.4, 0.5) is 0 Å². The summed E-state index contributed by atoms with van der Waals surface area (Å²) in [5, 5.41) is 1.59. The molecule has 0 aliphatic heterocycles. The molecule has 0 saturated heterocycles. The Kier molecular flexibility index (Phi) is 3.09. The highest BCUT2D eigenvalue weighted by atomic mass is 35.5. The van der Waals surface area contributed by atoms with Crippen LogP contribution >= 0.6 is 11.6 Å². The quantitative estimate of drug-likeness (QED) is 0.832. The fraction of sp³-hybridized carbons (Fsp3) is 0.250. The molecule has 0 spiro atoms. The summed E-state index contributed by atoms with van der Waals surface area (Å²) in [6.07, 6.45) is 0. The fourth-order valence-corrected chi connectivity index (χ4v) is 2.24. The minimum Gasteiger partial charge on any atom is -0.468 e. The molecule has 1 unspecified atom stereocenters. The van der Waals surface area contributed by atoms with Crippen molar-refractivity contribution in [2.24, 2.45) is 12.8 Å². The summed E-state index contributed by atoms with van der Waals surface area (Å²) in [5.74, 6) is -0.466. The highest BCUT2D eigenvalue weighted by Crippen LogP contribution is 2.28. The SMILES string of the molecule is COC(=O)C(N)c1cc2cccc(Cl)c2n1C. The van der Waals surface area contributed by atoms with Crippen LogP contribution in [0.1, 0.15) is 11.7 Å². The molecule has 1 atom stereocenters. The molecule has 1 aromatic heterocycles. The van der Waals surface area contributed by atoms with E-state index in [9.17, 15) is 4.79 Å². The summed E-state index contributed by atoms with van der Waals surface area (Å²) in [7, 11) is 3.14. The van der Waals surface area contributed by atoms with Gasteiger partial charge in [0.25, 0.3) is 0 Å². The first-order valence-electron chi connectivity index (χ1n) is 5.13. The van der Waals surface area contributed by atoms with Gasteiger partial charge >= 0.3 is 5.97 Å². The molecule has 0 saturated carbocycles. The number of aromatic nitrogens is 1. The molecule has 0 aliphatic carbocycles. The molecule has 2 aromatic rings. The highest BCUT2D eigenvalue weighted by Gasteiger charge is 2.21. The van der Waals surface area contributed by atoms with Crippen molar-refractivity contribution in [2.75, 3.05) is 7.11 Å². The van der Waals surface area contributed by atoms with Gasteiger partial charge in [-0.3, -0.25) is 0 Å². The van der Waals surface area contributed by atoms with E-state index in [4.69, 9.17) is 17.3 Å². The molecule has 0 bridgehead atoms. The molecular formula is C12H13ClN2O2. The third-order valence-corrected chi connectivity index (χ3v) is 3.12. The van der Waals surface area contributed by atoms with Gasteiger partial charge in [0.15, 0.2) is 0 Å². The van der Waals surface area contributed by atoms with Crippen LogP contribution in [0.2, 0.25) is 5.02 Å². The second kappa shape index (κ2) is 4.39. The second-order valence-corrected chi connectivity index (χ2v) is 4.21. The van der Waals surface area contributed by atoms with Crippen LogP contribution in [-0.4, -0.2) is 17.6 Å². The van der Waals surface area contributed by atoms with E-state index in [2.05, 4.69) is 4.74 Å². The number of methoxy groups -OCH3 is 1. The van der Waals surface area contributed by atoms with Gasteiger partial charge in [0.05, 0.1) is 17.6 Å². The van der Waals surface area contributed by atoms with Gasteiger partial charge in [0.1, 0.15) is 6.04 Å². The van der Waals surface area contributed by atoms with Gasteiger partial charge in [-0.2, -0.15) is 0 Å². The molecule has 0 amide bonds. The first-order valence-corrected chi connectivity index (χ1v) is 5.51. The zero-order valence-electron chi connectivity index (χ0n) is 9.61. The number of para-hydroxylation sites is 1. The lowest BCUT2D eigenvalue weighted by molar-refractivity contribution is -0.142. The predicted octanol–water partition coefficient (Wildman–Crippen LogP) is 2.00. The number of rotatable bonds is 2. The van der Waals surface area contributed by atoms with E-state index >= 15 is 0 Å². The average molecular weight is 253 g/mol. The van der Waals surface area contributed by atoms with Crippen LogP contribution in [0.25, 0.3) is 10.9 Å². The monoisotopic (exact) mass is 252 g/mol. The van der Waals surface area contributed by atoms with Crippen LogP contribution in [-0.2, 0) is 16.6 Å². The zero-order chi connectivity index (χ0) is 12.6. The van der Waals surface area contributed by atoms with Gasteiger partial charge in [-0.25, -0.2) is 4.79 Å². The Bertz CT molecular complexity index is 577. The molecule has 1 heterocycles. The molecule has 90 valence electrons. The molecule has 0 radical (unpaired) electrons. The summed E-state index contributed by atoms with van der Waals surface area (Å²) >= 11 is 6.12. The number of benzene rings is 1. The lowest BCUT2D eigenvalue weighted by Gasteiger charge is -2.10. The normalized spacial score (nSPS) is 12.7. The van der Waals surface area contributed by atoms with Crippen LogP contribution < -0.4 is 5.73 Å². The predicted molar refractivity (Wildman–Crippen MR) is 66.9 cm³/mol. The van der Waals surface area contributed by atoms with E-state index < -0.39 is 12.0 Å². The molecule has 2 rings (SSSR count). The Labute approximate surface area is 104 Å². The summed E-state index contributed by atoms with van der Waals surface area (Å²) in [4.78, 5) is 11.4. The molecular weight excluding hydrogens is 240 g/mol. The number of esters is 1. The topological polar surface area (TPSA) is 57.2 Å². The number of carbonyl (C=O) groups is 1. The number of hydrogen-bond donors (Lipinski definition) is 1. The first-order chi connectivity index (χ1) is 8.06. The number of halogens is 1. The lowest BCUT2D eigenvalue weighted by Crippen LogP contribution is -2.24. The van der Waals surface area contributed by atoms with Crippen molar-refractivity contribution in [1.82, 2.24) is 4.57 Å². The summed E-state index contributed by atoms with van der Waals surface area (Å²) in [6.45, 7) is 0. The minimum absolute atomic E-state index is 0.466. The summed E-state index contributed by atoms with van der Waals surface area (Å²) in [6, 6.07) is 6.64. The van der Waals surface area contributed by atoms with Crippen molar-refractivity contribution in [3.8, 4) is 0 Å². The maximum atomic E-state index is 11.4. The minimum atomic E-state index is -0.798. The van der Waals surface area contributed by atoms with E-state index in [1.54, 1.807) is 6.07 Å². The van der Waals surface area contributed by atoms with Gasteiger partial charge in [-0.05, 0) is 12.1 Å². The lowest BCUT2D eigenvalue weighted by atomic mass is 10.2. The van der Waals surface area contributed by atoms with E-state index in [1.165, 1.54) is 7.11 Å². The van der Waals surface area contributed by atoms with Crippen LogP contribution in [0, 0.1) is 0 Å². The molecule has 1 aromatic carbocycles. The van der Waals surface area contributed by atoms with Crippen LogP contribution in [0.3, 0.4) is 0 Å². The number of ether oxygens (including phenoxy) is 1. The maximum Gasteiger partial charge on any atom is 0.328 e. The zero-order valence-corrected chi connectivity index (χ0v) is 10.4. The number of aryl methyl sites for hydroxylation is 1. The van der Waals surface area contributed by atoms with Crippen molar-refractivity contribution in [3.05, 3.63) is 35.0 Å². The Balaban J connectivity index is 2.60. The average Bonchev–Trinajstić information content (AvgIpc) is 2.66. The van der Waals surface area contributed by atoms with Crippen molar-refractivity contribution in [2.45, 2.75) is 6.04 Å². The van der Waals surface area contributed by atoms with E-state index in [0.717, 1.165) is 10.9 Å². The van der Waals surface area contributed by atoms with Gasteiger partial charge < -0.3 is 15.0 Å². The Morgan fingerprint density at radius 1 is 1.53 bits per heavy atom. The number of fused-ring (bicyclic) bond motifs is 1. The molecule has 0 aliphatic rings. The van der Waals surface area contributed by atoms with Gasteiger partial charge in [0, 0.05) is 18.1 Å². The maximum absolute atomic E-state index is 11.4. The van der Waals surface area contributed by atoms with E-state index in [-0.39, 0.29) is 0 Å². The standard InChI is InChI=1S/C12H13ClN2O2/c1-15-9(10(14)12(16)17-2)6-7-4-3-5-8(13)11(7)15/h3-6,10H,14H2,1-2H3. The number of hydrogen-bond acceptors (Lipinski definition) is 3. The molecule has 17 heavy (non-hydrogen) atoms. The largest absolute Gasteiger partial charge is 0.468 e. The first kappa shape index (κ1) is 12.0. The third kappa shape index (κ3) is 1.90. The summed E-state index contributed by atoms with van der Waals surface area (Å²) in [5.41, 5.74) is 7.37. The Morgan fingerprint density at radius 2 is 2.24 bits per heavy atom. The second-order valence-electron chi connectivity index (χ2n) is 3.81. The van der Waals surface area contributed by atoms with Crippen molar-refractivity contribution in [3.63, 3.8) is 0 Å². The van der Waals surface area contributed by atoms with E-state index in [0.29, 0.717) is 10.7 Å². The van der Waals surface area contributed by atoms with Crippen molar-refractivity contribution in [1.29, 1.82) is 0 Å². The highest BCUT2D eigenvalue weighted by molar-refractivity contribution is 6.35. The van der Waals surface area contributed by atoms with Crippen LogP contribution in [0.15, 0.2) is 24.3 Å². The number of nitrogens with zero attached hydrogens (tertiary/aromatic N) is 1. The Morgan fingerprint density at radius 3 is 2.82 bits per heavy atom. The third-order valence-electron chi connectivity index (χ3n) is 2.82. The van der Waals surface area contributed by atoms with Crippen molar-refractivity contribution >= 4 is 28.5 Å². The van der Waals surface area contributed by atoms with E-state index in [1.807, 2.05) is 29.8 Å². The molecule has 0 fully saturated rings. The Hall–Kier alpha value is -1.52.